The summed E-state index contributed by atoms with van der Waals surface area (Å²) in [6.45, 7) is 0. The van der Waals surface area contributed by atoms with Gasteiger partial charge >= 0.3 is 5.97 Å². The van der Waals surface area contributed by atoms with Gasteiger partial charge in [0.1, 0.15) is 0 Å². The zero-order valence-corrected chi connectivity index (χ0v) is 14.6. The minimum atomic E-state index is -0.701. The summed E-state index contributed by atoms with van der Waals surface area (Å²) in [6, 6.07) is 12.6. The topological polar surface area (TPSA) is 55.1 Å². The molecule has 0 atom stereocenters. The number of nitrogens with zero attached hydrogens (tertiary/aromatic N) is 2. The monoisotopic (exact) mass is 336 g/mol. The van der Waals surface area contributed by atoms with Crippen LogP contribution in [0.25, 0.3) is 22.2 Å². The number of carbonyl (C=O) groups is 1. The van der Waals surface area contributed by atoms with E-state index < -0.39 is 5.97 Å². The van der Waals surface area contributed by atoms with Crippen molar-refractivity contribution >= 4 is 16.9 Å². The lowest BCUT2D eigenvalue weighted by Crippen LogP contribution is -1.96. The van der Waals surface area contributed by atoms with Gasteiger partial charge in [0.2, 0.25) is 0 Å². The summed E-state index contributed by atoms with van der Waals surface area (Å²) >= 11 is 0. The number of carboxylic acids is 1. The lowest BCUT2D eigenvalue weighted by molar-refractivity contribution is -0.137. The molecule has 0 spiro atoms. The van der Waals surface area contributed by atoms with Gasteiger partial charge in [0.05, 0.1) is 5.69 Å². The average molecular weight is 336 g/mol. The summed E-state index contributed by atoms with van der Waals surface area (Å²) in [4.78, 5) is 14.9. The number of aliphatic carboxylic acids is 1. The lowest BCUT2D eigenvalue weighted by atomic mass is 10.00. The third kappa shape index (κ3) is 3.90. The first-order valence-electron chi connectivity index (χ1n) is 8.87. The number of para-hydroxylation sites is 1. The molecule has 0 aliphatic rings. The smallest absolute Gasteiger partial charge is 0.303 e. The van der Waals surface area contributed by atoms with Crippen molar-refractivity contribution in [3.8, 4) is 11.3 Å². The molecular formula is C21H24N2O2. The second-order valence-corrected chi connectivity index (χ2v) is 6.45. The molecule has 0 radical (unpaired) electrons. The van der Waals surface area contributed by atoms with E-state index in [4.69, 9.17) is 5.11 Å². The number of aryl methyl sites for hydroxylation is 2. The standard InChI is InChI=1S/C21H24N2O2/c1-23-19-12-7-6-10-17(19)18(11-4-2-3-5-13-20(24)25)21(23)16-9-8-14-22-15-16/h6-10,12,14-15H,2-5,11,13H2,1H3,(H,24,25). The van der Waals surface area contributed by atoms with Crippen LogP contribution in [0.2, 0.25) is 0 Å². The van der Waals surface area contributed by atoms with Crippen LogP contribution >= 0.6 is 0 Å². The number of benzene rings is 1. The van der Waals surface area contributed by atoms with Crippen molar-refractivity contribution < 1.29 is 9.90 Å². The van der Waals surface area contributed by atoms with Crippen LogP contribution < -0.4 is 0 Å². The van der Waals surface area contributed by atoms with Gasteiger partial charge in [-0.2, -0.15) is 0 Å². The van der Waals surface area contributed by atoms with Crippen molar-refractivity contribution in [1.29, 1.82) is 0 Å². The van der Waals surface area contributed by atoms with Crippen molar-refractivity contribution in [3.63, 3.8) is 0 Å². The molecule has 3 aromatic rings. The molecule has 4 heteroatoms. The van der Waals surface area contributed by atoms with Crippen molar-refractivity contribution in [3.05, 3.63) is 54.4 Å². The van der Waals surface area contributed by atoms with Gasteiger partial charge in [-0.05, 0) is 43.0 Å². The van der Waals surface area contributed by atoms with E-state index in [9.17, 15) is 4.79 Å². The fraction of sp³-hybridized carbons (Fsp3) is 0.333. The lowest BCUT2D eigenvalue weighted by Gasteiger charge is -2.08. The molecule has 130 valence electrons. The molecule has 2 aromatic heterocycles. The van der Waals surface area contributed by atoms with Crippen LogP contribution in [0.4, 0.5) is 0 Å². The number of pyridine rings is 1. The van der Waals surface area contributed by atoms with E-state index in [2.05, 4.69) is 46.9 Å². The van der Waals surface area contributed by atoms with Gasteiger partial charge in [-0.3, -0.25) is 9.78 Å². The summed E-state index contributed by atoms with van der Waals surface area (Å²) < 4.78 is 2.26. The maximum Gasteiger partial charge on any atom is 0.303 e. The SMILES string of the molecule is Cn1c(-c2cccnc2)c(CCCCCCC(=O)O)c2ccccc21. The van der Waals surface area contributed by atoms with E-state index in [1.807, 2.05) is 12.3 Å². The molecule has 1 N–H and O–H groups in total. The van der Waals surface area contributed by atoms with Gasteiger partial charge in [0, 0.05) is 42.3 Å². The molecule has 25 heavy (non-hydrogen) atoms. The molecule has 0 saturated carbocycles. The Labute approximate surface area is 148 Å². The Balaban J connectivity index is 1.82. The number of hydrogen-bond donors (Lipinski definition) is 1. The third-order valence-corrected chi connectivity index (χ3v) is 4.71. The third-order valence-electron chi connectivity index (χ3n) is 4.71. The first-order valence-corrected chi connectivity index (χ1v) is 8.87. The highest BCUT2D eigenvalue weighted by Crippen LogP contribution is 2.33. The Bertz CT molecular complexity index is 853. The number of aromatic nitrogens is 2. The van der Waals surface area contributed by atoms with Crippen LogP contribution in [-0.2, 0) is 18.3 Å². The first-order chi connectivity index (χ1) is 12.2. The molecule has 2 heterocycles. The van der Waals surface area contributed by atoms with E-state index in [1.165, 1.54) is 22.2 Å². The van der Waals surface area contributed by atoms with Gasteiger partial charge in [-0.1, -0.05) is 31.0 Å². The van der Waals surface area contributed by atoms with E-state index in [-0.39, 0.29) is 6.42 Å². The minimum absolute atomic E-state index is 0.273. The van der Waals surface area contributed by atoms with E-state index in [1.54, 1.807) is 6.20 Å². The second-order valence-electron chi connectivity index (χ2n) is 6.45. The number of unbranched alkanes of at least 4 members (excludes halogenated alkanes) is 3. The van der Waals surface area contributed by atoms with Gasteiger partial charge in [0.15, 0.2) is 0 Å². The van der Waals surface area contributed by atoms with Gasteiger partial charge < -0.3 is 9.67 Å². The van der Waals surface area contributed by atoms with Crippen LogP contribution in [0, 0.1) is 0 Å². The molecule has 0 saturated heterocycles. The van der Waals surface area contributed by atoms with Gasteiger partial charge in [0.25, 0.3) is 0 Å². The Morgan fingerprint density at radius 3 is 2.64 bits per heavy atom. The number of hydrogen-bond acceptors (Lipinski definition) is 2. The normalized spacial score (nSPS) is 11.1. The summed E-state index contributed by atoms with van der Waals surface area (Å²) in [6.07, 6.45) is 8.86. The summed E-state index contributed by atoms with van der Waals surface area (Å²) in [7, 11) is 2.11. The molecular weight excluding hydrogens is 312 g/mol. The quantitative estimate of drug-likeness (QED) is 0.600. The molecule has 0 aliphatic carbocycles. The first kappa shape index (κ1) is 17.2. The van der Waals surface area contributed by atoms with Gasteiger partial charge in [-0.25, -0.2) is 0 Å². The van der Waals surface area contributed by atoms with Crippen molar-refractivity contribution in [1.82, 2.24) is 9.55 Å². The Morgan fingerprint density at radius 1 is 1.08 bits per heavy atom. The van der Waals surface area contributed by atoms with E-state index in [0.717, 1.165) is 37.7 Å². The molecule has 0 amide bonds. The minimum Gasteiger partial charge on any atom is -0.481 e. The van der Waals surface area contributed by atoms with E-state index in [0.29, 0.717) is 0 Å². The zero-order valence-electron chi connectivity index (χ0n) is 14.6. The van der Waals surface area contributed by atoms with Crippen LogP contribution in [0.1, 0.15) is 37.7 Å². The summed E-state index contributed by atoms with van der Waals surface area (Å²) in [5.41, 5.74) is 4.98. The molecule has 0 bridgehead atoms. The van der Waals surface area contributed by atoms with Crippen molar-refractivity contribution in [2.75, 3.05) is 0 Å². The maximum atomic E-state index is 10.6. The molecule has 0 aliphatic heterocycles. The highest BCUT2D eigenvalue weighted by atomic mass is 16.4. The Kier molecular flexibility index (Phi) is 5.49. The van der Waals surface area contributed by atoms with Gasteiger partial charge in [-0.15, -0.1) is 0 Å². The number of fused-ring (bicyclic) bond motifs is 1. The fourth-order valence-electron chi connectivity index (χ4n) is 3.53. The summed E-state index contributed by atoms with van der Waals surface area (Å²) in [5.74, 6) is -0.701. The number of rotatable bonds is 8. The Morgan fingerprint density at radius 2 is 1.88 bits per heavy atom. The van der Waals surface area contributed by atoms with E-state index >= 15 is 0 Å². The highest BCUT2D eigenvalue weighted by molar-refractivity contribution is 5.91. The molecule has 0 unspecified atom stereocenters. The zero-order chi connectivity index (χ0) is 17.6. The van der Waals surface area contributed by atoms with Crippen LogP contribution in [0.15, 0.2) is 48.8 Å². The van der Waals surface area contributed by atoms with Crippen molar-refractivity contribution in [2.45, 2.75) is 38.5 Å². The largest absolute Gasteiger partial charge is 0.481 e. The molecule has 3 rings (SSSR count). The second kappa shape index (κ2) is 7.97. The molecule has 4 nitrogen and oxygen atoms in total. The highest BCUT2D eigenvalue weighted by Gasteiger charge is 2.16. The Hall–Kier alpha value is -2.62. The predicted octanol–water partition coefficient (Wildman–Crippen LogP) is 4.82. The summed E-state index contributed by atoms with van der Waals surface area (Å²) in [5, 5.41) is 10.0. The van der Waals surface area contributed by atoms with Crippen LogP contribution in [-0.4, -0.2) is 20.6 Å². The average Bonchev–Trinajstić information content (AvgIpc) is 2.91. The van der Waals surface area contributed by atoms with Crippen LogP contribution in [0.3, 0.4) is 0 Å². The maximum absolute atomic E-state index is 10.6. The predicted molar refractivity (Wildman–Crippen MR) is 101 cm³/mol. The molecule has 0 fully saturated rings. The number of carboxylic acid groups (broad SMARTS) is 1. The fourth-order valence-corrected chi connectivity index (χ4v) is 3.53. The van der Waals surface area contributed by atoms with Crippen molar-refractivity contribution in [2.24, 2.45) is 7.05 Å². The van der Waals surface area contributed by atoms with Crippen LogP contribution in [0.5, 0.6) is 0 Å². The molecule has 1 aromatic carbocycles.